The number of benzene rings is 1. The average Bonchev–Trinajstić information content (AvgIpc) is 3.28. The number of hydrogen-bond donors (Lipinski definition) is 1. The minimum atomic E-state index is -3.74. The van der Waals surface area contributed by atoms with Gasteiger partial charge in [-0.2, -0.15) is 0 Å². The van der Waals surface area contributed by atoms with Crippen molar-refractivity contribution in [1.29, 1.82) is 0 Å². The number of urea groups is 1. The number of carbonyl (C=O) groups is 2. The molecule has 2 saturated heterocycles. The molecule has 0 radical (unpaired) electrons. The zero-order chi connectivity index (χ0) is 21.7. The Balaban J connectivity index is 1.73. The third-order valence-corrected chi connectivity index (χ3v) is 7.78. The molecule has 1 aromatic rings. The number of piperidine rings is 1. The highest BCUT2D eigenvalue weighted by molar-refractivity contribution is 7.92. The molecule has 2 heterocycles. The summed E-state index contributed by atoms with van der Waals surface area (Å²) in [6, 6.07) is 4.58. The Bertz CT molecular complexity index is 942. The van der Waals surface area contributed by atoms with Crippen molar-refractivity contribution in [2.45, 2.75) is 48.8 Å². The van der Waals surface area contributed by atoms with Crippen LogP contribution in [0.15, 0.2) is 29.2 Å². The van der Waals surface area contributed by atoms with E-state index < -0.39 is 27.1 Å². The second-order valence-electron chi connectivity index (χ2n) is 7.40. The Hall–Kier alpha value is -2.73. The molecule has 0 aliphatic carbocycles. The van der Waals surface area contributed by atoms with Crippen LogP contribution in [0.4, 0.5) is 4.79 Å². The highest BCUT2D eigenvalue weighted by Crippen LogP contribution is 2.30. The summed E-state index contributed by atoms with van der Waals surface area (Å²) in [5.41, 5.74) is 0. The van der Waals surface area contributed by atoms with Gasteiger partial charge in [-0.05, 0) is 56.9 Å². The number of carboxylic acid groups (broad SMARTS) is 1. The Morgan fingerprint density at radius 2 is 1.83 bits per heavy atom. The van der Waals surface area contributed by atoms with Gasteiger partial charge in [-0.3, -0.25) is 0 Å². The maximum absolute atomic E-state index is 13.1. The fraction of sp³-hybridized carbons (Fsp3) is 0.524. The molecule has 0 spiro atoms. The van der Waals surface area contributed by atoms with E-state index in [1.165, 1.54) is 17.0 Å². The molecule has 2 fully saturated rings. The predicted molar refractivity (Wildman–Crippen MR) is 110 cm³/mol. The largest absolute Gasteiger partial charge is 0.481 e. The van der Waals surface area contributed by atoms with E-state index in [2.05, 4.69) is 11.8 Å². The highest BCUT2D eigenvalue weighted by atomic mass is 32.2. The van der Waals surface area contributed by atoms with Gasteiger partial charge in [-0.1, -0.05) is 5.92 Å². The average molecular weight is 435 g/mol. The molecule has 162 valence electrons. The summed E-state index contributed by atoms with van der Waals surface area (Å²) < 4.78 is 31.6. The number of hydrogen-bond acceptors (Lipinski definition) is 5. The maximum atomic E-state index is 13.1. The molecule has 3 rings (SSSR count). The molecule has 2 aliphatic heterocycles. The molecule has 2 aliphatic rings. The summed E-state index contributed by atoms with van der Waals surface area (Å²) in [4.78, 5) is 27.6. The normalized spacial score (nSPS) is 21.6. The van der Waals surface area contributed by atoms with Crippen molar-refractivity contribution in [1.82, 2.24) is 9.80 Å². The van der Waals surface area contributed by atoms with E-state index in [0.717, 1.165) is 12.8 Å². The molecular weight excluding hydrogens is 408 g/mol. The molecule has 1 N–H and O–H groups in total. The van der Waals surface area contributed by atoms with E-state index in [0.29, 0.717) is 18.8 Å². The first-order chi connectivity index (χ1) is 14.3. The summed E-state index contributed by atoms with van der Waals surface area (Å²) >= 11 is 0. The molecule has 0 bridgehead atoms. The summed E-state index contributed by atoms with van der Waals surface area (Å²) in [6.07, 6.45) is 1.88. The molecule has 1 aromatic carbocycles. The zero-order valence-electron chi connectivity index (χ0n) is 16.9. The highest BCUT2D eigenvalue weighted by Gasteiger charge is 2.42. The SMILES string of the molecule is CC#CCOc1ccc(S(=O)(=O)C2CCN(C(=O)N3CCCC3)C(C(=O)O)C2)cc1. The van der Waals surface area contributed by atoms with E-state index in [-0.39, 0.29) is 36.9 Å². The second kappa shape index (κ2) is 9.39. The van der Waals surface area contributed by atoms with Gasteiger partial charge in [0.05, 0.1) is 10.1 Å². The number of amides is 2. The van der Waals surface area contributed by atoms with Crippen LogP contribution in [0.1, 0.15) is 32.6 Å². The summed E-state index contributed by atoms with van der Waals surface area (Å²) in [5.74, 6) is 4.80. The van der Waals surface area contributed by atoms with Gasteiger partial charge in [0.2, 0.25) is 0 Å². The first-order valence-corrected chi connectivity index (χ1v) is 11.5. The maximum Gasteiger partial charge on any atom is 0.326 e. The molecule has 8 nitrogen and oxygen atoms in total. The Kier molecular flexibility index (Phi) is 6.87. The first kappa shape index (κ1) is 22.0. The fourth-order valence-electron chi connectivity index (χ4n) is 3.88. The van der Waals surface area contributed by atoms with Crippen molar-refractivity contribution in [3.63, 3.8) is 0 Å². The van der Waals surface area contributed by atoms with Gasteiger partial charge < -0.3 is 19.6 Å². The number of rotatable bonds is 5. The van der Waals surface area contributed by atoms with Crippen LogP contribution < -0.4 is 4.74 Å². The van der Waals surface area contributed by atoms with Crippen LogP contribution in [0.3, 0.4) is 0 Å². The molecule has 0 saturated carbocycles. The molecule has 30 heavy (non-hydrogen) atoms. The van der Waals surface area contributed by atoms with Gasteiger partial charge in [-0.25, -0.2) is 18.0 Å². The van der Waals surface area contributed by atoms with Crippen LogP contribution in [-0.2, 0) is 14.6 Å². The smallest absolute Gasteiger partial charge is 0.326 e. The molecule has 2 atom stereocenters. The van der Waals surface area contributed by atoms with Gasteiger partial charge >= 0.3 is 12.0 Å². The van der Waals surface area contributed by atoms with Crippen LogP contribution in [0, 0.1) is 11.8 Å². The number of nitrogens with zero attached hydrogens (tertiary/aromatic N) is 2. The number of carboxylic acids is 1. The van der Waals surface area contributed by atoms with Crippen molar-refractivity contribution in [2.24, 2.45) is 0 Å². The third-order valence-electron chi connectivity index (χ3n) is 5.54. The Labute approximate surface area is 176 Å². The number of ether oxygens (including phenoxy) is 1. The minimum absolute atomic E-state index is 0.104. The van der Waals surface area contributed by atoms with Crippen LogP contribution in [-0.4, -0.2) is 72.9 Å². The van der Waals surface area contributed by atoms with Crippen molar-refractivity contribution in [3.8, 4) is 17.6 Å². The lowest BCUT2D eigenvalue weighted by atomic mass is 10.0. The second-order valence-corrected chi connectivity index (χ2v) is 9.63. The molecule has 0 aromatic heterocycles. The zero-order valence-corrected chi connectivity index (χ0v) is 17.7. The summed E-state index contributed by atoms with van der Waals surface area (Å²) in [5, 5.41) is 8.80. The number of aliphatic carboxylic acids is 1. The Morgan fingerprint density at radius 1 is 1.17 bits per heavy atom. The van der Waals surface area contributed by atoms with Crippen LogP contribution in [0.2, 0.25) is 0 Å². The van der Waals surface area contributed by atoms with Gasteiger partial charge in [0.25, 0.3) is 0 Å². The lowest BCUT2D eigenvalue weighted by Gasteiger charge is -2.38. The Morgan fingerprint density at radius 3 is 2.43 bits per heavy atom. The van der Waals surface area contributed by atoms with E-state index in [9.17, 15) is 23.1 Å². The molecular formula is C21H26N2O6S. The van der Waals surface area contributed by atoms with Crippen molar-refractivity contribution in [3.05, 3.63) is 24.3 Å². The van der Waals surface area contributed by atoms with Crippen LogP contribution >= 0.6 is 0 Å². The van der Waals surface area contributed by atoms with Gasteiger partial charge in [0.15, 0.2) is 9.84 Å². The van der Waals surface area contributed by atoms with Crippen molar-refractivity contribution in [2.75, 3.05) is 26.2 Å². The van der Waals surface area contributed by atoms with E-state index >= 15 is 0 Å². The van der Waals surface area contributed by atoms with Gasteiger partial charge in [0, 0.05) is 19.6 Å². The minimum Gasteiger partial charge on any atom is -0.481 e. The van der Waals surface area contributed by atoms with Crippen molar-refractivity contribution >= 4 is 21.8 Å². The summed E-state index contributed by atoms with van der Waals surface area (Å²) in [6.45, 7) is 3.25. The summed E-state index contributed by atoms with van der Waals surface area (Å²) in [7, 11) is -3.74. The van der Waals surface area contributed by atoms with Crippen LogP contribution in [0.25, 0.3) is 0 Å². The number of likely N-dealkylation sites (tertiary alicyclic amines) is 2. The monoisotopic (exact) mass is 434 g/mol. The number of carbonyl (C=O) groups excluding carboxylic acids is 1. The van der Waals surface area contributed by atoms with Gasteiger partial charge in [0.1, 0.15) is 18.4 Å². The van der Waals surface area contributed by atoms with Crippen molar-refractivity contribution < 1.29 is 27.9 Å². The third kappa shape index (κ3) is 4.70. The van der Waals surface area contributed by atoms with Crippen LogP contribution in [0.5, 0.6) is 5.75 Å². The predicted octanol–water partition coefficient (Wildman–Crippen LogP) is 2.00. The first-order valence-electron chi connectivity index (χ1n) is 9.99. The quantitative estimate of drug-likeness (QED) is 0.711. The van der Waals surface area contributed by atoms with E-state index in [4.69, 9.17) is 4.74 Å². The molecule has 2 unspecified atom stereocenters. The standard InChI is InChI=1S/C21H26N2O6S/c1-2-3-14-29-16-6-8-17(9-7-16)30(27,28)18-10-13-23(19(15-18)20(24)25)21(26)22-11-4-5-12-22/h6-9,18-19H,4-5,10-15H2,1H3,(H,24,25). The van der Waals surface area contributed by atoms with E-state index in [1.807, 2.05) is 0 Å². The number of sulfone groups is 1. The lowest BCUT2D eigenvalue weighted by molar-refractivity contribution is -0.143. The molecule has 2 amide bonds. The topological polar surface area (TPSA) is 104 Å². The van der Waals surface area contributed by atoms with E-state index in [1.54, 1.807) is 24.0 Å². The lowest BCUT2D eigenvalue weighted by Crippen LogP contribution is -2.56. The molecule has 9 heteroatoms. The fourth-order valence-corrected chi connectivity index (χ4v) is 5.63. The van der Waals surface area contributed by atoms with Gasteiger partial charge in [-0.15, -0.1) is 5.92 Å².